The third kappa shape index (κ3) is 63.5. The van der Waals surface area contributed by atoms with E-state index in [0.717, 1.165) is 108 Å². The number of ether oxygens (including phenoxy) is 4. The molecule has 0 fully saturated rings. The van der Waals surface area contributed by atoms with Gasteiger partial charge >= 0.3 is 39.5 Å². The van der Waals surface area contributed by atoms with Crippen molar-refractivity contribution < 1.29 is 80.2 Å². The van der Waals surface area contributed by atoms with E-state index in [4.69, 9.17) is 37.0 Å². The lowest BCUT2D eigenvalue weighted by Crippen LogP contribution is -2.30. The zero-order valence-corrected chi connectivity index (χ0v) is 60.6. The molecule has 0 aliphatic heterocycles. The summed E-state index contributed by atoms with van der Waals surface area (Å²) in [6, 6.07) is 0. The maximum atomic E-state index is 13.0. The molecule has 534 valence electrons. The fourth-order valence-electron chi connectivity index (χ4n) is 10.6. The van der Waals surface area contributed by atoms with Gasteiger partial charge in [0.2, 0.25) is 0 Å². The van der Waals surface area contributed by atoms with E-state index < -0.39 is 97.5 Å². The van der Waals surface area contributed by atoms with Crippen LogP contribution < -0.4 is 0 Å². The van der Waals surface area contributed by atoms with Crippen LogP contribution in [0.1, 0.15) is 351 Å². The zero-order chi connectivity index (χ0) is 66.8. The fraction of sp³-hybridized carbons (Fsp3) is 0.944. The van der Waals surface area contributed by atoms with Crippen LogP contribution in [0, 0.1) is 23.7 Å². The van der Waals surface area contributed by atoms with Crippen LogP contribution in [0.5, 0.6) is 0 Å². The standard InChI is InChI=1S/C71H138O17P2/c1-9-64(8)50-42-34-25-20-21-26-35-43-51-68(73)81-57-66(87-70(75)53-45-37-27-19-17-15-13-11-10-12-14-16-18-23-31-39-47-61(2)3)59-85-89(77,78)83-55-65(72)56-84-90(79,80)86-60-67(58-82-69(74)52-44-36-30-29-33-41-49-63(6)7)88-71(76)54-46-38-28-22-24-32-40-48-62(4)5/h61-67,72H,9-60H2,1-8H3,(H,77,78)(H,79,80)/t64?,65-,66-,67-/m1/s1. The highest BCUT2D eigenvalue weighted by atomic mass is 31.2. The van der Waals surface area contributed by atoms with Gasteiger partial charge in [-0.15, -0.1) is 0 Å². The second-order valence-electron chi connectivity index (χ2n) is 27.3. The first-order chi connectivity index (χ1) is 43.1. The van der Waals surface area contributed by atoms with Gasteiger partial charge in [0.25, 0.3) is 0 Å². The maximum absolute atomic E-state index is 13.0. The van der Waals surface area contributed by atoms with Gasteiger partial charge < -0.3 is 33.8 Å². The van der Waals surface area contributed by atoms with Crippen LogP contribution in [0.3, 0.4) is 0 Å². The summed E-state index contributed by atoms with van der Waals surface area (Å²) in [5, 5.41) is 10.6. The number of carbonyl (C=O) groups is 4. The number of esters is 4. The molecule has 90 heavy (non-hydrogen) atoms. The van der Waals surface area contributed by atoms with Crippen molar-refractivity contribution in [2.75, 3.05) is 39.6 Å². The molecule has 0 heterocycles. The fourth-order valence-corrected chi connectivity index (χ4v) is 12.2. The number of phosphoric ester groups is 2. The van der Waals surface area contributed by atoms with Crippen molar-refractivity contribution in [1.82, 2.24) is 0 Å². The first-order valence-electron chi connectivity index (χ1n) is 36.7. The van der Waals surface area contributed by atoms with Crippen molar-refractivity contribution >= 4 is 39.5 Å². The van der Waals surface area contributed by atoms with Gasteiger partial charge in [0.05, 0.1) is 26.4 Å². The van der Waals surface area contributed by atoms with E-state index in [2.05, 4.69) is 55.4 Å². The zero-order valence-electron chi connectivity index (χ0n) is 58.8. The first-order valence-corrected chi connectivity index (χ1v) is 39.7. The minimum Gasteiger partial charge on any atom is -0.462 e. The lowest BCUT2D eigenvalue weighted by molar-refractivity contribution is -0.161. The lowest BCUT2D eigenvalue weighted by Gasteiger charge is -2.21. The highest BCUT2D eigenvalue weighted by Gasteiger charge is 2.30. The number of aliphatic hydroxyl groups is 1. The van der Waals surface area contributed by atoms with Crippen molar-refractivity contribution in [2.45, 2.75) is 369 Å². The summed E-state index contributed by atoms with van der Waals surface area (Å²) in [5.41, 5.74) is 0. The quantitative estimate of drug-likeness (QED) is 0.0222. The molecule has 0 aromatic heterocycles. The number of hydrogen-bond donors (Lipinski definition) is 3. The molecule has 3 N–H and O–H groups in total. The normalized spacial score (nSPS) is 14.6. The molecule has 0 aliphatic rings. The van der Waals surface area contributed by atoms with E-state index in [-0.39, 0.29) is 25.7 Å². The molecular weight excluding hydrogens is 1190 g/mol. The van der Waals surface area contributed by atoms with Gasteiger partial charge in [0.1, 0.15) is 19.3 Å². The Morgan fingerprint density at radius 1 is 0.311 bits per heavy atom. The average Bonchev–Trinajstić information content (AvgIpc) is 3.17. The largest absolute Gasteiger partial charge is 0.472 e. The molecule has 17 nitrogen and oxygen atoms in total. The smallest absolute Gasteiger partial charge is 0.462 e. The molecule has 3 unspecified atom stereocenters. The van der Waals surface area contributed by atoms with Crippen LogP contribution in [0.4, 0.5) is 0 Å². The summed E-state index contributed by atoms with van der Waals surface area (Å²) in [6.07, 6.45) is 43.3. The van der Waals surface area contributed by atoms with Crippen LogP contribution in [0.15, 0.2) is 0 Å². The lowest BCUT2D eigenvalue weighted by atomic mass is 9.99. The molecular formula is C71H138O17P2. The van der Waals surface area contributed by atoms with E-state index in [0.29, 0.717) is 37.5 Å². The Hall–Kier alpha value is -1.94. The van der Waals surface area contributed by atoms with Crippen molar-refractivity contribution in [3.05, 3.63) is 0 Å². The number of unbranched alkanes of at least 4 members (excludes halogenated alkanes) is 33. The molecule has 6 atom stereocenters. The molecule has 0 aromatic carbocycles. The van der Waals surface area contributed by atoms with Crippen molar-refractivity contribution in [3.63, 3.8) is 0 Å². The molecule has 0 saturated carbocycles. The summed E-state index contributed by atoms with van der Waals surface area (Å²) in [5.74, 6) is 0.829. The van der Waals surface area contributed by atoms with Crippen LogP contribution in [-0.4, -0.2) is 96.7 Å². The Bertz CT molecular complexity index is 1780. The second kappa shape index (κ2) is 60.7. The predicted octanol–water partition coefficient (Wildman–Crippen LogP) is 20.1. The molecule has 19 heteroatoms. The summed E-state index contributed by atoms with van der Waals surface area (Å²) in [7, 11) is -9.90. The third-order valence-corrected chi connectivity index (χ3v) is 18.6. The third-order valence-electron chi connectivity index (χ3n) is 16.7. The van der Waals surface area contributed by atoms with Gasteiger partial charge in [-0.05, 0) is 49.4 Å². The van der Waals surface area contributed by atoms with Crippen molar-refractivity contribution in [3.8, 4) is 0 Å². The van der Waals surface area contributed by atoms with E-state index in [1.165, 1.54) is 148 Å². The topological polar surface area (TPSA) is 237 Å². The summed E-state index contributed by atoms with van der Waals surface area (Å²) >= 11 is 0. The van der Waals surface area contributed by atoms with Gasteiger partial charge in [-0.2, -0.15) is 0 Å². The number of hydrogen-bond acceptors (Lipinski definition) is 15. The molecule has 0 rings (SSSR count). The highest BCUT2D eigenvalue weighted by Crippen LogP contribution is 2.45. The van der Waals surface area contributed by atoms with Gasteiger partial charge in [-0.25, -0.2) is 9.13 Å². The number of aliphatic hydroxyl groups excluding tert-OH is 1. The number of phosphoric acid groups is 2. The molecule has 0 aliphatic carbocycles. The van der Waals surface area contributed by atoms with Crippen LogP contribution in [0.25, 0.3) is 0 Å². The SMILES string of the molecule is CCC(C)CCCCCCCCCCC(=O)OC[C@H](COP(=O)(O)OC[C@@H](O)COP(=O)(O)OC[C@@H](COC(=O)CCCCCCCCC(C)C)OC(=O)CCCCCCCCCC(C)C)OC(=O)CCCCCCCCCCCCCCCCCCC(C)C. The maximum Gasteiger partial charge on any atom is 0.472 e. The average molecular weight is 1330 g/mol. The first kappa shape index (κ1) is 88.1. The molecule has 0 amide bonds. The Morgan fingerprint density at radius 3 is 0.789 bits per heavy atom. The van der Waals surface area contributed by atoms with E-state index in [9.17, 15) is 43.2 Å². The van der Waals surface area contributed by atoms with Crippen molar-refractivity contribution in [1.29, 1.82) is 0 Å². The monoisotopic (exact) mass is 1320 g/mol. The Balaban J connectivity index is 5.21. The van der Waals surface area contributed by atoms with Gasteiger partial charge in [0, 0.05) is 25.7 Å². The molecule has 0 radical (unpaired) electrons. The Morgan fingerprint density at radius 2 is 0.533 bits per heavy atom. The Labute approximate surface area is 549 Å². The van der Waals surface area contributed by atoms with Crippen LogP contribution in [0.2, 0.25) is 0 Å². The molecule has 0 aromatic rings. The summed E-state index contributed by atoms with van der Waals surface area (Å²) < 4.78 is 68.2. The molecule has 0 saturated heterocycles. The van der Waals surface area contributed by atoms with Gasteiger partial charge in [-0.3, -0.25) is 37.3 Å². The summed E-state index contributed by atoms with van der Waals surface area (Å²) in [6.45, 7) is 14.0. The van der Waals surface area contributed by atoms with E-state index in [1.54, 1.807) is 0 Å². The minimum absolute atomic E-state index is 0.102. The number of carbonyl (C=O) groups excluding carboxylic acids is 4. The highest BCUT2D eigenvalue weighted by molar-refractivity contribution is 7.47. The van der Waals surface area contributed by atoms with Gasteiger partial charge in [0.15, 0.2) is 12.2 Å². The summed E-state index contributed by atoms with van der Waals surface area (Å²) in [4.78, 5) is 72.5. The Kier molecular flexibility index (Phi) is 59.4. The van der Waals surface area contributed by atoms with Crippen molar-refractivity contribution in [2.24, 2.45) is 23.7 Å². The van der Waals surface area contributed by atoms with E-state index >= 15 is 0 Å². The second-order valence-corrected chi connectivity index (χ2v) is 30.2. The van der Waals surface area contributed by atoms with E-state index in [1.807, 2.05) is 0 Å². The van der Waals surface area contributed by atoms with Crippen LogP contribution >= 0.6 is 15.6 Å². The molecule has 0 spiro atoms. The predicted molar refractivity (Wildman–Crippen MR) is 363 cm³/mol. The minimum atomic E-state index is -4.95. The molecule has 0 bridgehead atoms. The van der Waals surface area contributed by atoms with Gasteiger partial charge in [-0.1, -0.05) is 299 Å². The van der Waals surface area contributed by atoms with Crippen LogP contribution in [-0.2, 0) is 65.4 Å². The number of rotatable bonds is 68.